The molecule has 84 valence electrons. The fourth-order valence-corrected chi connectivity index (χ4v) is 1.29. The van der Waals surface area contributed by atoms with E-state index in [0.717, 1.165) is 0 Å². The average molecular weight is 219 g/mol. The molecule has 0 saturated heterocycles. The fourth-order valence-electron chi connectivity index (χ4n) is 0.815. The Bertz CT molecular complexity index is 189. The van der Waals surface area contributed by atoms with Crippen LogP contribution in [0.1, 0.15) is 34.6 Å². The third kappa shape index (κ3) is 6.13. The molecular weight excluding hydrogens is 198 g/mol. The molecule has 0 aromatic heterocycles. The lowest BCUT2D eigenvalue weighted by Crippen LogP contribution is -2.41. The van der Waals surface area contributed by atoms with E-state index >= 15 is 0 Å². The molecule has 0 bridgehead atoms. The van der Waals surface area contributed by atoms with Gasteiger partial charge in [-0.15, -0.1) is 0 Å². The second kappa shape index (κ2) is 5.49. The summed E-state index contributed by atoms with van der Waals surface area (Å²) in [6, 6.07) is 0.125. The third-order valence-electron chi connectivity index (χ3n) is 1.82. The molecule has 0 fully saturated rings. The molecule has 0 aliphatic heterocycles. The van der Waals surface area contributed by atoms with Gasteiger partial charge in [0.1, 0.15) is 5.60 Å². The van der Waals surface area contributed by atoms with Crippen LogP contribution >= 0.6 is 11.8 Å². The van der Waals surface area contributed by atoms with Crippen LogP contribution < -0.4 is 5.32 Å². The van der Waals surface area contributed by atoms with Crippen LogP contribution in [-0.2, 0) is 4.74 Å². The van der Waals surface area contributed by atoms with Crippen molar-refractivity contribution in [1.29, 1.82) is 0 Å². The van der Waals surface area contributed by atoms with Crippen molar-refractivity contribution >= 4 is 17.9 Å². The van der Waals surface area contributed by atoms with Crippen molar-refractivity contribution in [2.24, 2.45) is 0 Å². The highest BCUT2D eigenvalue weighted by Crippen LogP contribution is 2.11. The monoisotopic (exact) mass is 219 g/mol. The normalized spacial score (nSPS) is 15.9. The Morgan fingerprint density at radius 1 is 1.36 bits per heavy atom. The number of alkyl carbamates (subject to hydrolysis) is 1. The summed E-state index contributed by atoms with van der Waals surface area (Å²) in [4.78, 5) is 11.3. The molecule has 3 nitrogen and oxygen atoms in total. The highest BCUT2D eigenvalue weighted by molar-refractivity contribution is 7.99. The quantitative estimate of drug-likeness (QED) is 0.793. The van der Waals surface area contributed by atoms with E-state index in [4.69, 9.17) is 4.74 Å². The van der Waals surface area contributed by atoms with Gasteiger partial charge in [-0.05, 0) is 34.0 Å². The molecule has 2 atom stereocenters. The first kappa shape index (κ1) is 13.6. The minimum absolute atomic E-state index is 0.125. The fraction of sp³-hybridized carbons (Fsp3) is 0.900. The Labute approximate surface area is 91.0 Å². The van der Waals surface area contributed by atoms with Gasteiger partial charge in [0.15, 0.2) is 0 Å². The van der Waals surface area contributed by atoms with Crippen LogP contribution in [0.3, 0.4) is 0 Å². The van der Waals surface area contributed by atoms with Crippen LogP contribution in [0.15, 0.2) is 0 Å². The van der Waals surface area contributed by atoms with E-state index in [1.807, 2.05) is 34.0 Å². The largest absolute Gasteiger partial charge is 0.444 e. The van der Waals surface area contributed by atoms with Crippen molar-refractivity contribution < 1.29 is 9.53 Å². The first-order valence-electron chi connectivity index (χ1n) is 4.78. The van der Waals surface area contributed by atoms with E-state index in [0.29, 0.717) is 5.25 Å². The predicted octanol–water partition coefficient (Wildman–Crippen LogP) is 2.65. The number of hydrogen-bond acceptors (Lipinski definition) is 3. The number of ether oxygens (including phenoxy) is 1. The van der Waals surface area contributed by atoms with Crippen LogP contribution in [0, 0.1) is 0 Å². The van der Waals surface area contributed by atoms with Crippen molar-refractivity contribution in [2.45, 2.75) is 51.5 Å². The summed E-state index contributed by atoms with van der Waals surface area (Å²) in [6.45, 7) is 9.62. The number of carbonyl (C=O) groups excluding carboxylic acids is 1. The van der Waals surface area contributed by atoms with Gasteiger partial charge in [-0.1, -0.05) is 6.92 Å². The minimum Gasteiger partial charge on any atom is -0.444 e. The summed E-state index contributed by atoms with van der Waals surface area (Å²) < 4.78 is 5.14. The number of hydrogen-bond donors (Lipinski definition) is 1. The minimum atomic E-state index is -0.424. The topological polar surface area (TPSA) is 38.3 Å². The SMILES string of the molecule is CSC(C)[C@H](C)NC(=O)OC(C)(C)C. The van der Waals surface area contributed by atoms with Gasteiger partial charge in [0.05, 0.1) is 0 Å². The molecule has 0 saturated carbocycles. The lowest BCUT2D eigenvalue weighted by molar-refractivity contribution is 0.0508. The maximum Gasteiger partial charge on any atom is 0.407 e. The summed E-state index contributed by atoms with van der Waals surface area (Å²) in [6.07, 6.45) is 1.68. The lowest BCUT2D eigenvalue weighted by Gasteiger charge is -2.24. The van der Waals surface area contributed by atoms with Crippen LogP contribution in [-0.4, -0.2) is 29.2 Å². The maximum atomic E-state index is 11.3. The van der Waals surface area contributed by atoms with Gasteiger partial charge in [0, 0.05) is 11.3 Å². The zero-order chi connectivity index (χ0) is 11.4. The second-order valence-corrected chi connectivity index (χ2v) is 5.59. The van der Waals surface area contributed by atoms with Crippen molar-refractivity contribution in [1.82, 2.24) is 5.32 Å². The molecule has 14 heavy (non-hydrogen) atoms. The molecule has 1 unspecified atom stereocenters. The molecule has 1 amide bonds. The van der Waals surface area contributed by atoms with Gasteiger partial charge in [-0.2, -0.15) is 11.8 Å². The summed E-state index contributed by atoms with van der Waals surface area (Å²) >= 11 is 1.72. The predicted molar refractivity (Wildman–Crippen MR) is 61.8 cm³/mol. The summed E-state index contributed by atoms with van der Waals surface area (Å²) in [5, 5.41) is 3.20. The van der Waals surface area contributed by atoms with Gasteiger partial charge in [-0.3, -0.25) is 0 Å². The molecule has 0 aromatic carbocycles. The molecule has 0 radical (unpaired) electrons. The molecule has 1 N–H and O–H groups in total. The van der Waals surface area contributed by atoms with Gasteiger partial charge in [0.2, 0.25) is 0 Å². The molecule has 0 heterocycles. The van der Waals surface area contributed by atoms with Crippen molar-refractivity contribution in [3.63, 3.8) is 0 Å². The van der Waals surface area contributed by atoms with Crippen LogP contribution in [0.2, 0.25) is 0 Å². The van der Waals surface area contributed by atoms with Crippen LogP contribution in [0.4, 0.5) is 4.79 Å². The highest BCUT2D eigenvalue weighted by atomic mass is 32.2. The first-order chi connectivity index (χ1) is 6.26. The van der Waals surface area contributed by atoms with Crippen LogP contribution in [0.25, 0.3) is 0 Å². The highest BCUT2D eigenvalue weighted by Gasteiger charge is 2.19. The molecular formula is C10H21NO2S. The zero-order valence-corrected chi connectivity index (χ0v) is 10.7. The summed E-state index contributed by atoms with van der Waals surface area (Å²) in [5.41, 5.74) is -0.424. The van der Waals surface area contributed by atoms with Gasteiger partial charge in [0.25, 0.3) is 0 Å². The first-order valence-corrected chi connectivity index (χ1v) is 6.07. The Kier molecular flexibility index (Phi) is 5.34. The van der Waals surface area contributed by atoms with E-state index < -0.39 is 5.60 Å². The Hall–Kier alpha value is -0.380. The van der Waals surface area contributed by atoms with E-state index in [1.165, 1.54) is 0 Å². The number of carbonyl (C=O) groups is 1. The zero-order valence-electron chi connectivity index (χ0n) is 9.88. The second-order valence-electron chi connectivity index (χ2n) is 4.38. The Morgan fingerprint density at radius 3 is 2.21 bits per heavy atom. The lowest BCUT2D eigenvalue weighted by atomic mass is 10.2. The average Bonchev–Trinajstić information content (AvgIpc) is 1.99. The Morgan fingerprint density at radius 2 is 1.86 bits per heavy atom. The molecule has 0 aliphatic carbocycles. The van der Waals surface area contributed by atoms with Crippen molar-refractivity contribution in [3.8, 4) is 0 Å². The summed E-state index contributed by atoms with van der Waals surface area (Å²) in [7, 11) is 0. The molecule has 0 aromatic rings. The van der Waals surface area contributed by atoms with Crippen molar-refractivity contribution in [2.75, 3.05) is 6.26 Å². The van der Waals surface area contributed by atoms with E-state index in [1.54, 1.807) is 11.8 Å². The van der Waals surface area contributed by atoms with E-state index in [-0.39, 0.29) is 12.1 Å². The molecule has 0 aliphatic rings. The smallest absolute Gasteiger partial charge is 0.407 e. The molecule has 0 rings (SSSR count). The molecule has 0 spiro atoms. The Balaban J connectivity index is 3.95. The number of thioether (sulfide) groups is 1. The van der Waals surface area contributed by atoms with Crippen LogP contribution in [0.5, 0.6) is 0 Å². The van der Waals surface area contributed by atoms with Gasteiger partial charge in [-0.25, -0.2) is 4.79 Å². The number of nitrogens with one attached hydrogen (secondary N) is 1. The molecule has 4 heteroatoms. The maximum absolute atomic E-state index is 11.3. The van der Waals surface area contributed by atoms with Crippen molar-refractivity contribution in [3.05, 3.63) is 0 Å². The van der Waals surface area contributed by atoms with E-state index in [2.05, 4.69) is 12.2 Å². The van der Waals surface area contributed by atoms with Gasteiger partial charge >= 0.3 is 6.09 Å². The summed E-state index contributed by atoms with van der Waals surface area (Å²) in [5.74, 6) is 0. The van der Waals surface area contributed by atoms with Gasteiger partial charge < -0.3 is 10.1 Å². The van der Waals surface area contributed by atoms with E-state index in [9.17, 15) is 4.79 Å². The number of rotatable bonds is 3. The third-order valence-corrected chi connectivity index (χ3v) is 2.97. The standard InChI is InChI=1S/C10H21NO2S/c1-7(8(2)14-6)11-9(12)13-10(3,4)5/h7-8H,1-6H3,(H,11,12)/t7-,8?/m0/s1. The number of amides is 1.